The van der Waals surface area contributed by atoms with Crippen LogP contribution in [0.25, 0.3) is 24.3 Å². The normalized spacial score (nSPS) is 15.4. The molecule has 4 aliphatic rings. The van der Waals surface area contributed by atoms with Gasteiger partial charge in [-0.3, -0.25) is 0 Å². The molecular weight excluding hydrogens is 1590 g/mol. The van der Waals surface area contributed by atoms with Crippen molar-refractivity contribution in [1.29, 1.82) is 42.1 Å². The molecule has 4 aliphatic carbocycles. The topological polar surface area (TPSA) is 279 Å². The van der Waals surface area contributed by atoms with Crippen molar-refractivity contribution >= 4 is 47.1 Å². The van der Waals surface area contributed by atoms with Crippen LogP contribution in [0.4, 0.5) is 22.7 Å². The van der Waals surface area contributed by atoms with Gasteiger partial charge in [-0.15, -0.1) is 0 Å². The zero-order valence-electron chi connectivity index (χ0n) is 75.6. The van der Waals surface area contributed by atoms with Crippen LogP contribution in [-0.4, -0.2) is 85.9 Å². The second-order valence-corrected chi connectivity index (χ2v) is 36.4. The molecule has 0 aliphatic heterocycles. The zero-order valence-corrected chi connectivity index (χ0v) is 75.6. The van der Waals surface area contributed by atoms with Crippen molar-refractivity contribution in [2.45, 2.75) is 127 Å². The summed E-state index contributed by atoms with van der Waals surface area (Å²) in [4.78, 5) is 8.53. The van der Waals surface area contributed by atoms with Crippen molar-refractivity contribution in [3.63, 3.8) is 0 Å². The number of benzene rings is 7. The van der Waals surface area contributed by atoms with Gasteiger partial charge in [-0.25, -0.2) is 0 Å². The van der Waals surface area contributed by atoms with E-state index in [1.165, 1.54) is 0 Å². The van der Waals surface area contributed by atoms with E-state index in [1.807, 2.05) is 88.9 Å². The van der Waals surface area contributed by atoms with Crippen LogP contribution in [0, 0.1) is 112 Å². The molecule has 650 valence electrons. The Morgan fingerprint density at radius 3 is 0.695 bits per heavy atom. The van der Waals surface area contributed by atoms with Gasteiger partial charge in [0.2, 0.25) is 0 Å². The van der Waals surface area contributed by atoms with Crippen molar-refractivity contribution in [1.82, 2.24) is 0 Å². The average Bonchev–Trinajstić information content (AvgIpc) is 0.843. The maximum atomic E-state index is 10.7. The lowest BCUT2D eigenvalue weighted by Crippen LogP contribution is -2.24. The number of likely N-dealkylation sites (N-methyl/N-ethyl adjacent to an activating group) is 4. The van der Waals surface area contributed by atoms with E-state index >= 15 is 0 Å². The number of rotatable bonds is 35. The Kier molecular flexibility index (Phi) is 32.1. The highest BCUT2D eigenvalue weighted by atomic mass is 16.5. The predicted molar refractivity (Wildman–Crippen MR) is 508 cm³/mol. The number of hydrogen-bond acceptors (Lipinski definition) is 19. The summed E-state index contributed by atoms with van der Waals surface area (Å²) in [6.45, 7) is 20.8. The molecule has 0 radical (unpaired) electrons. The molecule has 0 amide bonds. The summed E-state index contributed by atoms with van der Waals surface area (Å²) >= 11 is 0. The quantitative estimate of drug-likeness (QED) is 0.0361. The zero-order chi connectivity index (χ0) is 91.6. The molecule has 0 fully saturated rings. The van der Waals surface area contributed by atoms with E-state index in [9.17, 15) is 47.2 Å². The molecule has 7 aromatic rings. The van der Waals surface area contributed by atoms with Gasteiger partial charge in [0.25, 0.3) is 0 Å². The second-order valence-electron chi connectivity index (χ2n) is 36.4. The summed E-state index contributed by atoms with van der Waals surface area (Å²) < 4.78 is 39.4. The minimum absolute atomic E-state index is 0.0873. The maximum absolute atomic E-state index is 10.7. The van der Waals surface area contributed by atoms with E-state index in [0.29, 0.717) is 118 Å². The van der Waals surface area contributed by atoms with Gasteiger partial charge >= 0.3 is 0 Å². The van der Waals surface area contributed by atoms with Crippen LogP contribution >= 0.6 is 0 Å². The van der Waals surface area contributed by atoms with E-state index in [-0.39, 0.29) is 63.8 Å². The minimum Gasteiger partial charge on any atom is -0.492 e. The molecular formula is C109H112N12O7. The van der Waals surface area contributed by atoms with Crippen LogP contribution in [0.15, 0.2) is 267 Å². The molecule has 0 spiro atoms. The molecule has 0 saturated heterocycles. The minimum atomic E-state index is -0.274. The van der Waals surface area contributed by atoms with Crippen molar-refractivity contribution in [3.05, 3.63) is 306 Å². The van der Waals surface area contributed by atoms with Crippen LogP contribution < -0.4 is 48.0 Å². The summed E-state index contributed by atoms with van der Waals surface area (Å²) in [6, 6.07) is 66.6. The number of aliphatic hydroxyl groups excluding tert-OH is 1. The molecule has 19 nitrogen and oxygen atoms in total. The Morgan fingerprint density at radius 2 is 0.492 bits per heavy atom. The molecule has 0 bridgehead atoms. The molecule has 128 heavy (non-hydrogen) atoms. The molecule has 0 heterocycles. The van der Waals surface area contributed by atoms with Gasteiger partial charge in [-0.05, 0) is 241 Å². The third kappa shape index (κ3) is 27.6. The molecule has 7 aromatic carbocycles. The van der Waals surface area contributed by atoms with E-state index < -0.39 is 0 Å². The SMILES string of the molecule is CN(CCOc1cc(COc2cc(CO)cc(OCc3cc(OCCN(C)c4ccc(/C=C/C5=CC(=C(C#N)C#N)CC(C)(C)C5)cc4)cc(OCCN(C)c4ccc(/C=C/C5=CC(=C(C#N)C#N)CC(C)(C)C5)cc4)c3)c2)cc(OCCN(C)c2ccc(/C=C/C3=CC(=C(C#N)C#N)CC(C)(C)C3)cc2)c1)c1ccc(/C=C/C2=CC(=C(C#N)C#N)CC(C)(C)C2)cc1. The number of nitrogens with zero attached hydrogens (tertiary/aromatic N) is 12. The number of aliphatic hydroxyl groups is 1. The van der Waals surface area contributed by atoms with E-state index in [0.717, 1.165) is 126 Å². The van der Waals surface area contributed by atoms with Crippen LogP contribution in [0.5, 0.6) is 34.5 Å². The molecule has 19 heteroatoms. The first-order chi connectivity index (χ1) is 61.4. The van der Waals surface area contributed by atoms with Gasteiger partial charge in [0.05, 0.1) is 32.8 Å². The van der Waals surface area contributed by atoms with E-state index in [4.69, 9.17) is 28.4 Å². The molecule has 0 aromatic heterocycles. The summed E-state index contributed by atoms with van der Waals surface area (Å²) in [5, 5.41) is 87.7. The molecule has 0 unspecified atom stereocenters. The fraction of sp³-hybridized carbons (Fsp3) is 0.321. The third-order valence-corrected chi connectivity index (χ3v) is 22.9. The number of allylic oxidation sites excluding steroid dienone is 20. The predicted octanol–water partition coefficient (Wildman–Crippen LogP) is 22.8. The first-order valence-corrected chi connectivity index (χ1v) is 43.2. The van der Waals surface area contributed by atoms with Crippen molar-refractivity contribution in [3.8, 4) is 83.1 Å². The smallest absolute Gasteiger partial charge is 0.132 e. The maximum Gasteiger partial charge on any atom is 0.132 e. The number of ether oxygens (including phenoxy) is 6. The lowest BCUT2D eigenvalue weighted by atomic mass is 9.74. The lowest BCUT2D eigenvalue weighted by Gasteiger charge is -2.30. The van der Waals surface area contributed by atoms with Gasteiger partial charge in [0, 0.05) is 69.1 Å². The summed E-state index contributed by atoms with van der Waals surface area (Å²) in [5.74, 6) is 3.30. The Balaban J connectivity index is 0.773. The number of anilines is 4. The highest BCUT2D eigenvalue weighted by Crippen LogP contribution is 2.44. The fourth-order valence-electron chi connectivity index (χ4n) is 16.4. The molecule has 1 N–H and O–H groups in total. The molecule has 0 atom stereocenters. The largest absolute Gasteiger partial charge is 0.492 e. The first kappa shape index (κ1) is 94.0. The fourth-order valence-corrected chi connectivity index (χ4v) is 16.4. The highest BCUT2D eigenvalue weighted by Gasteiger charge is 2.31. The molecule has 0 saturated carbocycles. The van der Waals surface area contributed by atoms with Crippen LogP contribution in [-0.2, 0) is 19.8 Å². The van der Waals surface area contributed by atoms with Gasteiger partial charge in [0.1, 0.15) is 145 Å². The van der Waals surface area contributed by atoms with Gasteiger partial charge < -0.3 is 53.1 Å². The third-order valence-electron chi connectivity index (χ3n) is 22.9. The second kappa shape index (κ2) is 43.8. The van der Waals surface area contributed by atoms with Crippen molar-refractivity contribution in [2.24, 2.45) is 21.7 Å². The Hall–Kier alpha value is -14.7. The van der Waals surface area contributed by atoms with Gasteiger partial charge in [-0.1, -0.05) is 177 Å². The summed E-state index contributed by atoms with van der Waals surface area (Å²) in [7, 11) is 8.09. The highest BCUT2D eigenvalue weighted by molar-refractivity contribution is 5.65. The Bertz CT molecular complexity index is 5230. The molecule has 11 rings (SSSR count). The average molecular weight is 1700 g/mol. The lowest BCUT2D eigenvalue weighted by molar-refractivity contribution is 0.269. The van der Waals surface area contributed by atoms with E-state index in [2.05, 4.69) is 269 Å². The number of nitriles is 8. The summed E-state index contributed by atoms with van der Waals surface area (Å²) in [5.41, 5.74) is 17.9. The van der Waals surface area contributed by atoms with Crippen molar-refractivity contribution < 1.29 is 33.5 Å². The van der Waals surface area contributed by atoms with E-state index in [1.54, 1.807) is 18.2 Å². The van der Waals surface area contributed by atoms with Crippen LogP contribution in [0.1, 0.15) is 146 Å². The van der Waals surface area contributed by atoms with Crippen LogP contribution in [0.2, 0.25) is 0 Å². The Labute approximate surface area is 756 Å². The van der Waals surface area contributed by atoms with Crippen molar-refractivity contribution in [2.75, 3.05) is 100 Å². The first-order valence-electron chi connectivity index (χ1n) is 43.2. The van der Waals surface area contributed by atoms with Gasteiger partial charge in [-0.2, -0.15) is 42.1 Å². The van der Waals surface area contributed by atoms with Crippen LogP contribution in [0.3, 0.4) is 0 Å². The summed E-state index contributed by atoms with van der Waals surface area (Å²) in [6.07, 6.45) is 30.5. The van der Waals surface area contributed by atoms with Gasteiger partial charge in [0.15, 0.2) is 0 Å². The monoisotopic (exact) mass is 1700 g/mol. The Morgan fingerprint density at radius 1 is 0.289 bits per heavy atom. The standard InChI is InChI=1S/C109H112N12O7/c1-106(2)58-81(45-88(62-106)92(66-110)67-111)17-13-77-21-29-96(30-22-77)118(9)37-41-123-100-51-86(52-101(55-100)124-42-38-119(10)97-31-23-78(24-32-97)14-18-82-46-89(93(68-112)69-113)63-107(3,4)59-82)75-127-104-49-85(74-122)50-105(57-104)128-76-87-53-102(125-43-39-120(11)98-33-25-79(26-34-98)15-19-83-47-90(94(70-114)71-115)64-108(5,6)60-83)56-103(54-87)126-44-40-121(12)99-35-27-80(28-36-99)16-20-84-48-91(95(72-116)73-117)65-109(7,8)61-84/h13-36,45-57,122H,37-44,58-65,74-76H2,1-12H3/b17-13+,18-14+,19-15+,20-16+. The number of hydrogen-bond donors (Lipinski definition) is 1.